The van der Waals surface area contributed by atoms with Crippen molar-refractivity contribution in [2.45, 2.75) is 38.5 Å². The van der Waals surface area contributed by atoms with Gasteiger partial charge in [0.1, 0.15) is 22.3 Å². The smallest absolute Gasteiger partial charge is 0.144 e. The molecule has 0 amide bonds. The third-order valence-corrected chi connectivity index (χ3v) is 13.8. The van der Waals surface area contributed by atoms with Gasteiger partial charge >= 0.3 is 0 Å². The number of furan rings is 2. The van der Waals surface area contributed by atoms with Crippen LogP contribution in [0.15, 0.2) is 167 Å². The molecular weight excluding hydrogens is 705 g/mol. The molecule has 0 aliphatic heterocycles. The van der Waals surface area contributed by atoms with Gasteiger partial charge in [-0.1, -0.05) is 149 Å². The lowest BCUT2D eigenvalue weighted by Gasteiger charge is -2.31. The highest BCUT2D eigenvalue weighted by Crippen LogP contribution is 2.63. The topological polar surface area (TPSA) is 26.3 Å². The Morgan fingerprint density at radius 2 is 0.828 bits per heavy atom. The van der Waals surface area contributed by atoms with E-state index in [9.17, 15) is 0 Å². The van der Waals surface area contributed by atoms with Crippen molar-refractivity contribution >= 4 is 65.4 Å². The van der Waals surface area contributed by atoms with E-state index in [1.165, 1.54) is 93.5 Å². The molecule has 9 aromatic carbocycles. The Morgan fingerprint density at radius 3 is 1.45 bits per heavy atom. The van der Waals surface area contributed by atoms with E-state index >= 15 is 0 Å². The zero-order chi connectivity index (χ0) is 38.7. The maximum atomic E-state index is 7.01. The first-order valence-corrected chi connectivity index (χ1v) is 20.4. The van der Waals surface area contributed by atoms with Gasteiger partial charge in [0.25, 0.3) is 0 Å². The predicted octanol–water partition coefficient (Wildman–Crippen LogP) is 15.7. The lowest BCUT2D eigenvalue weighted by Crippen LogP contribution is -2.24. The Hall–Kier alpha value is -6.90. The Kier molecular flexibility index (Phi) is 6.07. The SMILES string of the molecule is CC1(C)c2cc(-c3ccc4ccccc4c3)c3c(oc4ccccc43)c2-c2ccc3c(c21)C(C)(C)c1cc(-c2ccc4ccccc4c2)c2oc4ccccc4c2c1-3. The first kappa shape index (κ1) is 32.2. The highest BCUT2D eigenvalue weighted by atomic mass is 16.3. The average Bonchev–Trinajstić information content (AvgIpc) is 3.95. The van der Waals surface area contributed by atoms with Crippen LogP contribution in [-0.4, -0.2) is 0 Å². The van der Waals surface area contributed by atoms with E-state index in [0.29, 0.717) is 0 Å². The summed E-state index contributed by atoms with van der Waals surface area (Å²) in [7, 11) is 0. The molecular formula is C56H38O2. The van der Waals surface area contributed by atoms with Gasteiger partial charge < -0.3 is 8.83 Å². The van der Waals surface area contributed by atoms with Gasteiger partial charge in [0.2, 0.25) is 0 Å². The molecule has 0 spiro atoms. The normalized spacial score (nSPS) is 14.8. The summed E-state index contributed by atoms with van der Waals surface area (Å²) in [6.07, 6.45) is 0. The number of rotatable bonds is 2. The van der Waals surface area contributed by atoms with Crippen molar-refractivity contribution in [1.29, 1.82) is 0 Å². The van der Waals surface area contributed by atoms with E-state index in [4.69, 9.17) is 8.83 Å². The van der Waals surface area contributed by atoms with Crippen LogP contribution in [0.2, 0.25) is 0 Å². The molecule has 0 saturated carbocycles. The molecule has 2 aromatic heterocycles. The molecule has 0 radical (unpaired) electrons. The molecule has 0 saturated heterocycles. The molecule has 0 N–H and O–H groups in total. The highest BCUT2D eigenvalue weighted by Gasteiger charge is 2.48. The molecule has 2 aliphatic rings. The quantitative estimate of drug-likeness (QED) is 0.176. The summed E-state index contributed by atoms with van der Waals surface area (Å²) in [5.74, 6) is 0. The number of hydrogen-bond donors (Lipinski definition) is 0. The van der Waals surface area contributed by atoms with Crippen molar-refractivity contribution in [3.05, 3.63) is 180 Å². The second kappa shape index (κ2) is 10.9. The molecule has 58 heavy (non-hydrogen) atoms. The van der Waals surface area contributed by atoms with Crippen molar-refractivity contribution in [2.24, 2.45) is 0 Å². The monoisotopic (exact) mass is 742 g/mol. The molecule has 0 unspecified atom stereocenters. The Bertz CT molecular complexity index is 3620. The summed E-state index contributed by atoms with van der Waals surface area (Å²) >= 11 is 0. The third-order valence-electron chi connectivity index (χ3n) is 13.8. The van der Waals surface area contributed by atoms with Gasteiger partial charge in [-0.15, -0.1) is 0 Å². The second-order valence-electron chi connectivity index (χ2n) is 17.6. The molecule has 2 heteroatoms. The Morgan fingerprint density at radius 1 is 0.362 bits per heavy atom. The first-order valence-electron chi connectivity index (χ1n) is 20.4. The van der Waals surface area contributed by atoms with Crippen LogP contribution in [0.25, 0.3) is 110 Å². The molecule has 2 aliphatic carbocycles. The Labute approximate surface area is 336 Å². The van der Waals surface area contributed by atoms with E-state index < -0.39 is 0 Å². The van der Waals surface area contributed by atoms with Crippen LogP contribution in [0.5, 0.6) is 0 Å². The molecule has 2 nitrogen and oxygen atoms in total. The van der Waals surface area contributed by atoms with Crippen molar-refractivity contribution in [3.63, 3.8) is 0 Å². The summed E-state index contributed by atoms with van der Waals surface area (Å²) in [5, 5.41) is 9.64. The molecule has 13 rings (SSSR count). The minimum Gasteiger partial charge on any atom is -0.455 e. The average molecular weight is 743 g/mol. The molecule has 0 bridgehead atoms. The maximum Gasteiger partial charge on any atom is 0.144 e. The van der Waals surface area contributed by atoms with E-state index in [-0.39, 0.29) is 10.8 Å². The van der Waals surface area contributed by atoms with Crippen LogP contribution in [0.3, 0.4) is 0 Å². The molecule has 0 atom stereocenters. The van der Waals surface area contributed by atoms with Gasteiger partial charge in [-0.2, -0.15) is 0 Å². The fraction of sp³-hybridized carbons (Fsp3) is 0.107. The van der Waals surface area contributed by atoms with Crippen molar-refractivity contribution in [2.75, 3.05) is 0 Å². The first-order chi connectivity index (χ1) is 28.3. The summed E-state index contributed by atoms with van der Waals surface area (Å²) in [5.41, 5.74) is 18.4. The molecule has 11 aromatic rings. The molecule has 0 fully saturated rings. The largest absolute Gasteiger partial charge is 0.455 e. The van der Waals surface area contributed by atoms with Crippen LogP contribution < -0.4 is 0 Å². The minimum atomic E-state index is -0.313. The lowest BCUT2D eigenvalue weighted by molar-refractivity contribution is 0.601. The van der Waals surface area contributed by atoms with Gasteiger partial charge in [0.05, 0.1) is 0 Å². The van der Waals surface area contributed by atoms with E-state index in [0.717, 1.165) is 38.7 Å². The maximum absolute atomic E-state index is 7.01. The number of fused-ring (bicyclic) bond motifs is 17. The van der Waals surface area contributed by atoms with Crippen LogP contribution in [0.1, 0.15) is 49.9 Å². The van der Waals surface area contributed by atoms with Crippen LogP contribution in [-0.2, 0) is 10.8 Å². The zero-order valence-electron chi connectivity index (χ0n) is 32.8. The Balaban J connectivity index is 1.10. The van der Waals surface area contributed by atoms with Crippen LogP contribution in [0, 0.1) is 0 Å². The van der Waals surface area contributed by atoms with Crippen molar-refractivity contribution in [1.82, 2.24) is 0 Å². The zero-order valence-corrected chi connectivity index (χ0v) is 32.8. The van der Waals surface area contributed by atoms with Gasteiger partial charge in [-0.05, 0) is 114 Å². The number of hydrogen-bond acceptors (Lipinski definition) is 2. The number of para-hydroxylation sites is 2. The third kappa shape index (κ3) is 4.02. The predicted molar refractivity (Wildman–Crippen MR) is 242 cm³/mol. The van der Waals surface area contributed by atoms with Gasteiger partial charge in [0, 0.05) is 43.5 Å². The standard InChI is InChI=1S/C56H38O2/c1-55(2)43-30-42(36-24-22-32-14-6-8-16-34(32)28-36)53-50(38-18-10-12-20-46(38)57-53)48(43)39-25-26-40-49-44(56(3,4)52(40)51(39)55)29-41(35-23-21-31-13-5-7-15-33(31)27-35)47-37-17-9-11-19-45(37)58-54(47)49/h5-30H,1-4H3. The van der Waals surface area contributed by atoms with Crippen molar-refractivity contribution < 1.29 is 8.83 Å². The highest BCUT2D eigenvalue weighted by molar-refractivity contribution is 6.21. The van der Waals surface area contributed by atoms with E-state index in [1.807, 2.05) is 0 Å². The van der Waals surface area contributed by atoms with Crippen molar-refractivity contribution in [3.8, 4) is 44.5 Å². The summed E-state index contributed by atoms with van der Waals surface area (Å²) < 4.78 is 13.9. The summed E-state index contributed by atoms with van der Waals surface area (Å²) in [6.45, 7) is 9.73. The van der Waals surface area contributed by atoms with Gasteiger partial charge in [-0.3, -0.25) is 0 Å². The second-order valence-corrected chi connectivity index (χ2v) is 17.6. The molecule has 2 heterocycles. The van der Waals surface area contributed by atoms with Crippen LogP contribution >= 0.6 is 0 Å². The summed E-state index contributed by atoms with van der Waals surface area (Å²) in [6, 6.07) is 57.8. The lowest BCUT2D eigenvalue weighted by atomic mass is 9.72. The summed E-state index contributed by atoms with van der Waals surface area (Å²) in [4.78, 5) is 0. The fourth-order valence-corrected chi connectivity index (χ4v) is 11.1. The van der Waals surface area contributed by atoms with Crippen LogP contribution in [0.4, 0.5) is 0 Å². The van der Waals surface area contributed by atoms with E-state index in [2.05, 4.69) is 185 Å². The fourth-order valence-electron chi connectivity index (χ4n) is 11.1. The van der Waals surface area contributed by atoms with Gasteiger partial charge in [-0.25, -0.2) is 0 Å². The number of benzene rings is 9. The van der Waals surface area contributed by atoms with Gasteiger partial charge in [0.15, 0.2) is 0 Å². The molecule has 274 valence electrons. The minimum absolute atomic E-state index is 0.304. The van der Waals surface area contributed by atoms with E-state index in [1.54, 1.807) is 0 Å².